The van der Waals surface area contributed by atoms with Gasteiger partial charge in [0.1, 0.15) is 0 Å². The summed E-state index contributed by atoms with van der Waals surface area (Å²) in [5, 5.41) is 0. The van der Waals surface area contributed by atoms with Crippen LogP contribution in [0.2, 0.25) is 0 Å². The number of hydrogen-bond acceptors (Lipinski definition) is 3. The molecule has 31 heavy (non-hydrogen) atoms. The maximum atomic E-state index is 6.08. The zero-order valence-corrected chi connectivity index (χ0v) is 19.3. The lowest BCUT2D eigenvalue weighted by molar-refractivity contribution is 0.205. The molecule has 0 saturated carbocycles. The minimum Gasteiger partial charge on any atom is -0.487 e. The third-order valence-electron chi connectivity index (χ3n) is 5.66. The highest BCUT2D eigenvalue weighted by Crippen LogP contribution is 2.34. The summed E-state index contributed by atoms with van der Waals surface area (Å²) in [6, 6.07) is 17.0. The summed E-state index contributed by atoms with van der Waals surface area (Å²) in [6.45, 7) is 6.59. The van der Waals surface area contributed by atoms with Crippen LogP contribution in [0.5, 0.6) is 5.75 Å². The van der Waals surface area contributed by atoms with Gasteiger partial charge in [-0.3, -0.25) is 0 Å². The molecule has 3 aromatic rings. The Hall–Kier alpha value is -2.68. The van der Waals surface area contributed by atoms with Crippen molar-refractivity contribution in [3.63, 3.8) is 0 Å². The minimum atomic E-state index is 0.184. The minimum absolute atomic E-state index is 0.184. The van der Waals surface area contributed by atoms with Gasteiger partial charge in [-0.25, -0.2) is 9.97 Å². The quantitative estimate of drug-likeness (QED) is 0.282. The zero-order valence-electron chi connectivity index (χ0n) is 19.3. The Balaban J connectivity index is 1.76. The number of aromatic nitrogens is 2. The lowest BCUT2D eigenvalue weighted by Gasteiger charge is -2.16. The standard InChI is InChI=1S/C28H36N2O/c1-4-6-7-8-10-15-22(3)31-25-20-29-28(30-21-25)27-24(14-5-2)18-13-19-26(27)23-16-11-9-12-17-23/h9,11-13,16-22H,4-8,10,14-15H2,1-3H3/t22-/m0/s1. The third-order valence-corrected chi connectivity index (χ3v) is 5.66. The van der Waals surface area contributed by atoms with Gasteiger partial charge in [0.25, 0.3) is 0 Å². The van der Waals surface area contributed by atoms with Crippen LogP contribution in [0.4, 0.5) is 0 Å². The molecule has 3 heteroatoms. The summed E-state index contributed by atoms with van der Waals surface area (Å²) in [5.74, 6) is 1.52. The van der Waals surface area contributed by atoms with Crippen LogP contribution in [0.15, 0.2) is 60.9 Å². The van der Waals surface area contributed by atoms with Gasteiger partial charge in [-0.15, -0.1) is 0 Å². The van der Waals surface area contributed by atoms with E-state index in [-0.39, 0.29) is 6.10 Å². The zero-order chi connectivity index (χ0) is 21.9. The third kappa shape index (κ3) is 6.65. The Bertz CT molecular complexity index is 906. The highest BCUT2D eigenvalue weighted by molar-refractivity contribution is 5.82. The number of hydrogen-bond donors (Lipinski definition) is 0. The average molecular weight is 417 g/mol. The second-order valence-corrected chi connectivity index (χ2v) is 8.33. The van der Waals surface area contributed by atoms with E-state index in [1.54, 1.807) is 0 Å². The summed E-state index contributed by atoms with van der Waals surface area (Å²) < 4.78 is 6.08. The lowest BCUT2D eigenvalue weighted by atomic mass is 9.93. The molecule has 0 unspecified atom stereocenters. The Kier molecular flexibility index (Phi) is 9.08. The van der Waals surface area contributed by atoms with Crippen molar-refractivity contribution in [3.8, 4) is 28.3 Å². The van der Waals surface area contributed by atoms with Gasteiger partial charge in [0.2, 0.25) is 0 Å². The molecule has 0 fully saturated rings. The molecule has 1 atom stereocenters. The molecule has 0 aliphatic carbocycles. The van der Waals surface area contributed by atoms with Crippen LogP contribution in [-0.4, -0.2) is 16.1 Å². The summed E-state index contributed by atoms with van der Waals surface area (Å²) >= 11 is 0. The van der Waals surface area contributed by atoms with Gasteiger partial charge >= 0.3 is 0 Å². The van der Waals surface area contributed by atoms with Crippen LogP contribution in [0.25, 0.3) is 22.5 Å². The predicted octanol–water partition coefficient (Wildman–Crippen LogP) is 7.89. The highest BCUT2D eigenvalue weighted by atomic mass is 16.5. The van der Waals surface area contributed by atoms with E-state index in [2.05, 4.69) is 63.2 Å². The van der Waals surface area contributed by atoms with Gasteiger partial charge in [0, 0.05) is 5.56 Å². The molecule has 1 heterocycles. The van der Waals surface area contributed by atoms with E-state index >= 15 is 0 Å². The van der Waals surface area contributed by atoms with E-state index in [0.717, 1.165) is 36.4 Å². The Morgan fingerprint density at radius 3 is 2.26 bits per heavy atom. The van der Waals surface area contributed by atoms with Crippen LogP contribution in [-0.2, 0) is 6.42 Å². The van der Waals surface area contributed by atoms with E-state index in [4.69, 9.17) is 14.7 Å². The van der Waals surface area contributed by atoms with Crippen molar-refractivity contribution >= 4 is 0 Å². The molecule has 0 saturated heterocycles. The fourth-order valence-electron chi connectivity index (χ4n) is 4.03. The van der Waals surface area contributed by atoms with Crippen molar-refractivity contribution < 1.29 is 4.74 Å². The van der Waals surface area contributed by atoms with Gasteiger partial charge in [-0.1, -0.05) is 94.5 Å². The van der Waals surface area contributed by atoms with Crippen molar-refractivity contribution in [1.29, 1.82) is 0 Å². The first-order valence-electron chi connectivity index (χ1n) is 11.9. The Labute approximate surface area is 187 Å². The number of nitrogens with zero attached hydrogens (tertiary/aromatic N) is 2. The molecule has 2 aromatic carbocycles. The van der Waals surface area contributed by atoms with Crippen molar-refractivity contribution in [3.05, 3.63) is 66.5 Å². The number of ether oxygens (including phenoxy) is 1. The van der Waals surface area contributed by atoms with Crippen molar-refractivity contribution in [2.45, 2.75) is 78.2 Å². The molecule has 0 bridgehead atoms. The highest BCUT2D eigenvalue weighted by Gasteiger charge is 2.15. The molecule has 3 rings (SSSR count). The first-order valence-corrected chi connectivity index (χ1v) is 11.9. The first kappa shape index (κ1) is 23.0. The molecular weight excluding hydrogens is 380 g/mol. The number of rotatable bonds is 12. The molecule has 0 amide bonds. The summed E-state index contributed by atoms with van der Waals surface area (Å²) in [5.41, 5.74) is 4.79. The Morgan fingerprint density at radius 2 is 1.55 bits per heavy atom. The summed E-state index contributed by atoms with van der Waals surface area (Å²) in [6.07, 6.45) is 13.4. The SMILES string of the molecule is CCCCCCC[C@H](C)Oc1cnc(-c2c(CCC)cccc2-c2ccccc2)nc1. The molecule has 0 aliphatic heterocycles. The molecule has 0 aliphatic rings. The topological polar surface area (TPSA) is 35.0 Å². The van der Waals surface area contributed by atoms with Gasteiger partial charge in [-0.2, -0.15) is 0 Å². The van der Waals surface area contributed by atoms with Crippen LogP contribution in [0.3, 0.4) is 0 Å². The number of aryl methyl sites for hydroxylation is 1. The second kappa shape index (κ2) is 12.2. The maximum Gasteiger partial charge on any atom is 0.160 e. The molecule has 1 aromatic heterocycles. The molecule has 0 N–H and O–H groups in total. The monoisotopic (exact) mass is 416 g/mol. The lowest BCUT2D eigenvalue weighted by Crippen LogP contribution is -2.12. The number of unbranched alkanes of at least 4 members (excludes halogenated alkanes) is 4. The molecule has 3 nitrogen and oxygen atoms in total. The fraction of sp³-hybridized carbons (Fsp3) is 0.429. The van der Waals surface area contributed by atoms with E-state index < -0.39 is 0 Å². The maximum absolute atomic E-state index is 6.08. The van der Waals surface area contributed by atoms with E-state index in [1.165, 1.54) is 48.8 Å². The van der Waals surface area contributed by atoms with Gasteiger partial charge < -0.3 is 4.74 Å². The normalized spacial score (nSPS) is 12.0. The van der Waals surface area contributed by atoms with Crippen molar-refractivity contribution in [2.75, 3.05) is 0 Å². The van der Waals surface area contributed by atoms with Crippen LogP contribution >= 0.6 is 0 Å². The second-order valence-electron chi connectivity index (χ2n) is 8.33. The summed E-state index contributed by atoms with van der Waals surface area (Å²) in [7, 11) is 0. The van der Waals surface area contributed by atoms with Crippen molar-refractivity contribution in [2.24, 2.45) is 0 Å². The van der Waals surface area contributed by atoms with E-state index in [9.17, 15) is 0 Å². The predicted molar refractivity (Wildman–Crippen MR) is 130 cm³/mol. The smallest absolute Gasteiger partial charge is 0.160 e. The van der Waals surface area contributed by atoms with E-state index in [0.29, 0.717) is 0 Å². The molecule has 0 spiro atoms. The van der Waals surface area contributed by atoms with Crippen LogP contribution in [0, 0.1) is 0 Å². The number of benzene rings is 2. The van der Waals surface area contributed by atoms with Gasteiger partial charge in [-0.05, 0) is 42.9 Å². The average Bonchev–Trinajstić information content (AvgIpc) is 2.80. The largest absolute Gasteiger partial charge is 0.487 e. The first-order chi connectivity index (χ1) is 15.2. The van der Waals surface area contributed by atoms with E-state index in [1.807, 2.05) is 18.5 Å². The molecule has 164 valence electrons. The van der Waals surface area contributed by atoms with Crippen LogP contribution < -0.4 is 4.74 Å². The van der Waals surface area contributed by atoms with Gasteiger partial charge in [0.05, 0.1) is 18.5 Å². The van der Waals surface area contributed by atoms with Gasteiger partial charge in [0.15, 0.2) is 11.6 Å². The molecule has 0 radical (unpaired) electrons. The summed E-state index contributed by atoms with van der Waals surface area (Å²) in [4.78, 5) is 9.43. The Morgan fingerprint density at radius 1 is 0.806 bits per heavy atom. The fourth-order valence-corrected chi connectivity index (χ4v) is 4.03. The van der Waals surface area contributed by atoms with Crippen molar-refractivity contribution in [1.82, 2.24) is 9.97 Å². The molecular formula is C28H36N2O. The van der Waals surface area contributed by atoms with Crippen LogP contribution in [0.1, 0.15) is 71.3 Å².